The summed E-state index contributed by atoms with van der Waals surface area (Å²) >= 11 is 0. The van der Waals surface area contributed by atoms with E-state index in [9.17, 15) is 4.79 Å². The van der Waals surface area contributed by atoms with Crippen LogP contribution >= 0.6 is 0 Å². The molecule has 2 aromatic rings. The summed E-state index contributed by atoms with van der Waals surface area (Å²) in [4.78, 5) is 21.2. The van der Waals surface area contributed by atoms with Crippen molar-refractivity contribution in [3.8, 4) is 11.3 Å². The Bertz CT molecular complexity index is 1030. The van der Waals surface area contributed by atoms with E-state index < -0.39 is 5.60 Å². The third-order valence-electron chi connectivity index (χ3n) is 7.19. The zero-order chi connectivity index (χ0) is 24.0. The molecule has 0 unspecified atom stereocenters. The number of hydrogen-bond acceptors (Lipinski definition) is 4. The first kappa shape index (κ1) is 23.6. The van der Waals surface area contributed by atoms with Crippen molar-refractivity contribution in [2.45, 2.75) is 77.7 Å². The van der Waals surface area contributed by atoms with Crippen molar-refractivity contribution in [3.05, 3.63) is 47.7 Å². The topological polar surface area (TPSA) is 45.7 Å². The molecule has 0 saturated carbocycles. The fourth-order valence-corrected chi connectivity index (χ4v) is 5.00. The molecular weight excluding hydrogens is 410 g/mol. The van der Waals surface area contributed by atoms with Crippen LogP contribution in [0, 0.1) is 0 Å². The van der Waals surface area contributed by atoms with Gasteiger partial charge < -0.3 is 14.5 Å². The second kappa shape index (κ2) is 8.34. The quantitative estimate of drug-likeness (QED) is 0.551. The van der Waals surface area contributed by atoms with Crippen LogP contribution in [0.5, 0.6) is 0 Å². The van der Waals surface area contributed by atoms with Gasteiger partial charge in [-0.3, -0.25) is 4.98 Å². The van der Waals surface area contributed by atoms with Crippen LogP contribution in [-0.2, 0) is 15.6 Å². The number of hydrogen-bond donors (Lipinski definition) is 0. The summed E-state index contributed by atoms with van der Waals surface area (Å²) in [5.74, 6) is 0. The van der Waals surface area contributed by atoms with Crippen LogP contribution in [0.1, 0.15) is 72.4 Å². The number of carbonyl (C=O) groups is 1. The van der Waals surface area contributed by atoms with E-state index in [1.165, 1.54) is 29.5 Å². The monoisotopic (exact) mass is 449 g/mol. The standard InChI is InChI=1S/C28H39N3O2/c1-26(2,3)33-25(32)31-16-14-30(15-17-31)21-10-13-29-24(19-21)20-8-9-22-23(18-20)28(6,7)12-11-27(22,4)5/h8-10,13,18-19H,11-12,14-17H2,1-7H3. The second-order valence-corrected chi connectivity index (χ2v) is 11.9. The van der Waals surface area contributed by atoms with Gasteiger partial charge in [0, 0.05) is 43.6 Å². The number of ether oxygens (including phenoxy) is 1. The molecule has 1 aromatic heterocycles. The van der Waals surface area contributed by atoms with Crippen molar-refractivity contribution in [2.75, 3.05) is 31.1 Å². The van der Waals surface area contributed by atoms with Crippen LogP contribution in [0.15, 0.2) is 36.5 Å². The molecule has 1 aromatic carbocycles. The second-order valence-electron chi connectivity index (χ2n) is 11.9. The van der Waals surface area contributed by atoms with Crippen molar-refractivity contribution >= 4 is 11.8 Å². The number of amides is 1. The SMILES string of the molecule is CC(C)(C)OC(=O)N1CCN(c2ccnc(-c3ccc4c(c3)C(C)(C)CCC4(C)C)c2)CC1. The lowest BCUT2D eigenvalue weighted by atomic mass is 9.63. The van der Waals surface area contributed by atoms with Crippen LogP contribution in [0.25, 0.3) is 11.3 Å². The fourth-order valence-electron chi connectivity index (χ4n) is 5.00. The Morgan fingerprint density at radius 2 is 1.55 bits per heavy atom. The molecule has 0 atom stereocenters. The average Bonchev–Trinajstić information content (AvgIpc) is 2.76. The molecule has 2 aliphatic rings. The van der Waals surface area contributed by atoms with Crippen molar-refractivity contribution in [2.24, 2.45) is 0 Å². The molecule has 0 N–H and O–H groups in total. The van der Waals surface area contributed by atoms with Crippen molar-refractivity contribution < 1.29 is 9.53 Å². The first-order valence-electron chi connectivity index (χ1n) is 12.2. The van der Waals surface area contributed by atoms with E-state index in [2.05, 4.69) is 62.9 Å². The smallest absolute Gasteiger partial charge is 0.410 e. The number of carbonyl (C=O) groups excluding carboxylic acids is 1. The molecule has 2 heterocycles. The minimum atomic E-state index is -0.465. The number of fused-ring (bicyclic) bond motifs is 1. The molecule has 5 nitrogen and oxygen atoms in total. The van der Waals surface area contributed by atoms with E-state index in [-0.39, 0.29) is 16.9 Å². The van der Waals surface area contributed by atoms with Gasteiger partial charge in [0.05, 0.1) is 5.69 Å². The third-order valence-corrected chi connectivity index (χ3v) is 7.19. The van der Waals surface area contributed by atoms with Crippen molar-refractivity contribution in [1.29, 1.82) is 0 Å². The summed E-state index contributed by atoms with van der Waals surface area (Å²) in [6.07, 6.45) is 4.10. The number of pyridine rings is 1. The normalized spacial score (nSPS) is 19.7. The number of nitrogens with zero attached hydrogens (tertiary/aromatic N) is 3. The van der Waals surface area contributed by atoms with Crippen molar-refractivity contribution in [3.63, 3.8) is 0 Å². The number of anilines is 1. The predicted octanol–water partition coefficient (Wildman–Crippen LogP) is 6.15. The molecule has 33 heavy (non-hydrogen) atoms. The lowest BCUT2D eigenvalue weighted by Gasteiger charge is -2.42. The van der Waals surface area contributed by atoms with E-state index in [4.69, 9.17) is 9.72 Å². The summed E-state index contributed by atoms with van der Waals surface area (Å²) in [5, 5.41) is 0. The molecule has 1 aliphatic carbocycles. The lowest BCUT2D eigenvalue weighted by Crippen LogP contribution is -2.50. The summed E-state index contributed by atoms with van der Waals surface area (Å²) in [7, 11) is 0. The minimum Gasteiger partial charge on any atom is -0.444 e. The number of rotatable bonds is 2. The fraction of sp³-hybridized carbons (Fsp3) is 0.571. The Morgan fingerprint density at radius 1 is 0.909 bits per heavy atom. The molecule has 1 saturated heterocycles. The molecule has 4 rings (SSSR count). The summed E-state index contributed by atoms with van der Waals surface area (Å²) in [6.45, 7) is 18.0. The summed E-state index contributed by atoms with van der Waals surface area (Å²) in [5.41, 5.74) is 6.18. The van der Waals surface area contributed by atoms with E-state index in [0.29, 0.717) is 13.1 Å². The van der Waals surface area contributed by atoms with Crippen molar-refractivity contribution in [1.82, 2.24) is 9.88 Å². The highest BCUT2D eigenvalue weighted by Crippen LogP contribution is 2.46. The first-order chi connectivity index (χ1) is 15.4. The number of piperazine rings is 1. The molecule has 0 radical (unpaired) electrons. The molecule has 1 fully saturated rings. The summed E-state index contributed by atoms with van der Waals surface area (Å²) < 4.78 is 5.53. The molecule has 1 amide bonds. The van der Waals surface area contributed by atoms with E-state index in [1.54, 1.807) is 4.90 Å². The number of aromatic nitrogens is 1. The highest BCUT2D eigenvalue weighted by molar-refractivity contribution is 5.69. The maximum absolute atomic E-state index is 12.4. The summed E-state index contributed by atoms with van der Waals surface area (Å²) in [6, 6.07) is 11.2. The third kappa shape index (κ3) is 5.02. The van der Waals surface area contributed by atoms with Gasteiger partial charge in [0.25, 0.3) is 0 Å². The molecule has 0 bridgehead atoms. The van der Waals surface area contributed by atoms with Crippen LogP contribution in [0.2, 0.25) is 0 Å². The van der Waals surface area contributed by atoms with E-state index >= 15 is 0 Å². The lowest BCUT2D eigenvalue weighted by molar-refractivity contribution is 0.0240. The average molecular weight is 450 g/mol. The molecule has 1 aliphatic heterocycles. The van der Waals surface area contributed by atoms with Crippen LogP contribution in [0.3, 0.4) is 0 Å². The maximum atomic E-state index is 12.4. The van der Waals surface area contributed by atoms with Gasteiger partial charge in [-0.2, -0.15) is 0 Å². The first-order valence-corrected chi connectivity index (χ1v) is 12.2. The van der Waals surface area contributed by atoms with Gasteiger partial charge in [-0.05, 0) is 73.8 Å². The zero-order valence-corrected chi connectivity index (χ0v) is 21.4. The van der Waals surface area contributed by atoms with Crippen LogP contribution < -0.4 is 4.90 Å². The largest absolute Gasteiger partial charge is 0.444 e. The van der Waals surface area contributed by atoms with Gasteiger partial charge in [0.1, 0.15) is 5.60 Å². The Morgan fingerprint density at radius 3 is 2.18 bits per heavy atom. The van der Waals surface area contributed by atoms with Gasteiger partial charge in [0.2, 0.25) is 0 Å². The minimum absolute atomic E-state index is 0.177. The van der Waals surface area contributed by atoms with E-state index in [1.807, 2.05) is 27.0 Å². The van der Waals surface area contributed by atoms with Gasteiger partial charge in [-0.25, -0.2) is 4.79 Å². The van der Waals surface area contributed by atoms with Crippen LogP contribution in [-0.4, -0.2) is 47.8 Å². The van der Waals surface area contributed by atoms with Gasteiger partial charge in [0.15, 0.2) is 0 Å². The zero-order valence-electron chi connectivity index (χ0n) is 21.4. The molecule has 178 valence electrons. The molecule has 5 heteroatoms. The molecule has 0 spiro atoms. The van der Waals surface area contributed by atoms with Gasteiger partial charge in [-0.15, -0.1) is 0 Å². The molecular formula is C28H39N3O2. The Hall–Kier alpha value is -2.56. The van der Waals surface area contributed by atoms with E-state index in [0.717, 1.165) is 24.5 Å². The Balaban J connectivity index is 1.52. The maximum Gasteiger partial charge on any atom is 0.410 e. The Labute approximate surface area is 199 Å². The Kier molecular flexibility index (Phi) is 5.96. The number of benzene rings is 1. The van der Waals surface area contributed by atoms with Gasteiger partial charge >= 0.3 is 6.09 Å². The van der Waals surface area contributed by atoms with Crippen LogP contribution in [0.4, 0.5) is 10.5 Å². The highest BCUT2D eigenvalue weighted by atomic mass is 16.6. The highest BCUT2D eigenvalue weighted by Gasteiger charge is 2.37. The van der Waals surface area contributed by atoms with Gasteiger partial charge in [-0.1, -0.05) is 39.8 Å². The predicted molar refractivity (Wildman–Crippen MR) is 135 cm³/mol.